The molecular formula is C14H24O3S. The quantitative estimate of drug-likeness (QED) is 0.365. The number of carbonyl (C=O) groups is 2. The van der Waals surface area contributed by atoms with Crippen LogP contribution in [-0.2, 0) is 14.3 Å². The summed E-state index contributed by atoms with van der Waals surface area (Å²) in [5, 5.41) is -0.0894. The highest BCUT2D eigenvalue weighted by atomic mass is 32.2. The molecule has 0 saturated heterocycles. The fourth-order valence-electron chi connectivity index (χ4n) is 1.31. The third-order valence-electron chi connectivity index (χ3n) is 2.36. The second-order valence-corrected chi connectivity index (χ2v) is 5.97. The Kier molecular flexibility index (Phi) is 9.74. The molecule has 0 aliphatic carbocycles. The van der Waals surface area contributed by atoms with Gasteiger partial charge in [0, 0.05) is 11.3 Å². The van der Waals surface area contributed by atoms with Crippen LogP contribution < -0.4 is 0 Å². The molecule has 0 aliphatic heterocycles. The van der Waals surface area contributed by atoms with Gasteiger partial charge < -0.3 is 4.74 Å². The summed E-state index contributed by atoms with van der Waals surface area (Å²) in [5.74, 6) is 1.06. The normalized spacial score (nSPS) is 10.4. The van der Waals surface area contributed by atoms with E-state index in [0.717, 1.165) is 24.5 Å². The minimum Gasteiger partial charge on any atom is -0.453 e. The molecule has 0 saturated carbocycles. The highest BCUT2D eigenvalue weighted by Gasteiger charge is 2.08. The van der Waals surface area contributed by atoms with Crippen molar-refractivity contribution in [3.63, 3.8) is 0 Å². The molecule has 0 aromatic carbocycles. The number of esters is 1. The molecule has 0 aromatic heterocycles. The molecule has 0 unspecified atom stereocenters. The average molecular weight is 272 g/mol. The summed E-state index contributed by atoms with van der Waals surface area (Å²) in [6, 6.07) is 0. The average Bonchev–Trinajstić information content (AvgIpc) is 2.29. The van der Waals surface area contributed by atoms with E-state index in [1.54, 1.807) is 6.92 Å². The molecule has 104 valence electrons. The van der Waals surface area contributed by atoms with E-state index in [-0.39, 0.29) is 11.7 Å². The Morgan fingerprint density at radius 2 is 1.89 bits per heavy atom. The SMILES string of the molecule is C=C(C)C(=O)OCC(=O)SCCCCCC(C)C. The van der Waals surface area contributed by atoms with Crippen molar-refractivity contribution >= 4 is 22.8 Å². The number of ether oxygens (including phenoxy) is 1. The Hall–Kier alpha value is -0.770. The molecule has 0 amide bonds. The van der Waals surface area contributed by atoms with Gasteiger partial charge >= 0.3 is 5.97 Å². The maximum Gasteiger partial charge on any atom is 0.333 e. The van der Waals surface area contributed by atoms with Crippen LogP contribution in [0.25, 0.3) is 0 Å². The topological polar surface area (TPSA) is 43.4 Å². The predicted octanol–water partition coefficient (Wildman–Crippen LogP) is 3.58. The van der Waals surface area contributed by atoms with Crippen LogP contribution in [0.15, 0.2) is 12.2 Å². The fourth-order valence-corrected chi connectivity index (χ4v) is 2.03. The van der Waals surface area contributed by atoms with Crippen LogP contribution in [0, 0.1) is 5.92 Å². The van der Waals surface area contributed by atoms with Gasteiger partial charge in [0.2, 0.25) is 5.12 Å². The van der Waals surface area contributed by atoms with Crippen LogP contribution in [0.5, 0.6) is 0 Å². The third kappa shape index (κ3) is 10.4. The van der Waals surface area contributed by atoms with Crippen molar-refractivity contribution in [1.82, 2.24) is 0 Å². The monoisotopic (exact) mass is 272 g/mol. The minimum absolute atomic E-state index is 0.0894. The molecule has 18 heavy (non-hydrogen) atoms. The molecule has 0 fully saturated rings. The van der Waals surface area contributed by atoms with Gasteiger partial charge in [-0.1, -0.05) is 51.5 Å². The standard InChI is InChI=1S/C14H24O3S/c1-11(2)8-6-5-7-9-18-13(15)10-17-14(16)12(3)4/h11H,3,5-10H2,1-2,4H3. The Morgan fingerprint density at radius 3 is 2.44 bits per heavy atom. The summed E-state index contributed by atoms with van der Waals surface area (Å²) in [7, 11) is 0. The zero-order chi connectivity index (χ0) is 14.0. The lowest BCUT2D eigenvalue weighted by Crippen LogP contribution is -2.12. The van der Waals surface area contributed by atoms with E-state index in [1.165, 1.54) is 24.6 Å². The number of thioether (sulfide) groups is 1. The van der Waals surface area contributed by atoms with E-state index in [0.29, 0.717) is 5.57 Å². The van der Waals surface area contributed by atoms with Gasteiger partial charge in [0.05, 0.1) is 0 Å². The summed E-state index contributed by atoms with van der Waals surface area (Å²) in [4.78, 5) is 22.4. The van der Waals surface area contributed by atoms with E-state index < -0.39 is 5.97 Å². The van der Waals surface area contributed by atoms with Gasteiger partial charge in [0.1, 0.15) is 0 Å². The number of hydrogen-bond acceptors (Lipinski definition) is 4. The molecule has 0 radical (unpaired) electrons. The number of carbonyl (C=O) groups excluding carboxylic acids is 2. The number of unbranched alkanes of at least 4 members (excludes halogenated alkanes) is 2. The molecule has 0 atom stereocenters. The van der Waals surface area contributed by atoms with Crippen molar-refractivity contribution in [3.05, 3.63) is 12.2 Å². The molecule has 0 bridgehead atoms. The Labute approximate surface area is 114 Å². The van der Waals surface area contributed by atoms with E-state index in [2.05, 4.69) is 20.4 Å². The van der Waals surface area contributed by atoms with E-state index >= 15 is 0 Å². The zero-order valence-corrected chi connectivity index (χ0v) is 12.5. The largest absolute Gasteiger partial charge is 0.453 e. The second kappa shape index (κ2) is 10.2. The van der Waals surface area contributed by atoms with Crippen molar-refractivity contribution < 1.29 is 14.3 Å². The molecule has 4 heteroatoms. The summed E-state index contributed by atoms with van der Waals surface area (Å²) in [5.41, 5.74) is 0.321. The van der Waals surface area contributed by atoms with Crippen LogP contribution in [0.3, 0.4) is 0 Å². The van der Waals surface area contributed by atoms with Crippen molar-refractivity contribution in [2.75, 3.05) is 12.4 Å². The number of rotatable bonds is 9. The van der Waals surface area contributed by atoms with Crippen molar-refractivity contribution in [2.45, 2.75) is 46.5 Å². The van der Waals surface area contributed by atoms with E-state index in [9.17, 15) is 9.59 Å². The van der Waals surface area contributed by atoms with Gasteiger partial charge in [-0.3, -0.25) is 4.79 Å². The lowest BCUT2D eigenvalue weighted by molar-refractivity contribution is -0.141. The van der Waals surface area contributed by atoms with Crippen LogP contribution in [0.4, 0.5) is 0 Å². The van der Waals surface area contributed by atoms with Gasteiger partial charge in [0.15, 0.2) is 6.61 Å². The van der Waals surface area contributed by atoms with E-state index in [1.807, 2.05) is 0 Å². The molecule has 0 heterocycles. The summed E-state index contributed by atoms with van der Waals surface area (Å²) < 4.78 is 4.77. The highest BCUT2D eigenvalue weighted by molar-refractivity contribution is 8.13. The van der Waals surface area contributed by atoms with Crippen LogP contribution >= 0.6 is 11.8 Å². The summed E-state index contributed by atoms with van der Waals surface area (Å²) >= 11 is 1.24. The van der Waals surface area contributed by atoms with Gasteiger partial charge in [-0.15, -0.1) is 0 Å². The van der Waals surface area contributed by atoms with Crippen molar-refractivity contribution in [3.8, 4) is 0 Å². The molecule has 0 spiro atoms. The highest BCUT2D eigenvalue weighted by Crippen LogP contribution is 2.12. The fraction of sp³-hybridized carbons (Fsp3) is 0.714. The van der Waals surface area contributed by atoms with Gasteiger partial charge in [-0.25, -0.2) is 4.79 Å². The van der Waals surface area contributed by atoms with Crippen LogP contribution in [0.1, 0.15) is 46.5 Å². The molecule has 0 rings (SSSR count). The maximum absolute atomic E-state index is 11.4. The Morgan fingerprint density at radius 1 is 1.22 bits per heavy atom. The number of hydrogen-bond donors (Lipinski definition) is 0. The predicted molar refractivity (Wildman–Crippen MR) is 76.5 cm³/mol. The van der Waals surface area contributed by atoms with Crippen LogP contribution in [0.2, 0.25) is 0 Å². The first-order valence-electron chi connectivity index (χ1n) is 6.41. The molecular weight excluding hydrogens is 248 g/mol. The second-order valence-electron chi connectivity index (χ2n) is 4.82. The molecule has 0 aromatic rings. The summed E-state index contributed by atoms with van der Waals surface area (Å²) in [6.45, 7) is 9.30. The third-order valence-corrected chi connectivity index (χ3v) is 3.29. The van der Waals surface area contributed by atoms with Gasteiger partial charge in [-0.05, 0) is 19.3 Å². The minimum atomic E-state index is -0.499. The Balaban J connectivity index is 3.43. The van der Waals surface area contributed by atoms with Crippen molar-refractivity contribution in [1.29, 1.82) is 0 Å². The maximum atomic E-state index is 11.4. The van der Waals surface area contributed by atoms with Gasteiger partial charge in [0.25, 0.3) is 0 Å². The van der Waals surface area contributed by atoms with Gasteiger partial charge in [-0.2, -0.15) is 0 Å². The lowest BCUT2D eigenvalue weighted by atomic mass is 10.1. The Bertz CT molecular complexity index is 285. The van der Waals surface area contributed by atoms with Crippen LogP contribution in [-0.4, -0.2) is 23.4 Å². The first-order chi connectivity index (χ1) is 8.43. The lowest BCUT2D eigenvalue weighted by Gasteiger charge is -2.05. The molecule has 3 nitrogen and oxygen atoms in total. The molecule has 0 aliphatic rings. The van der Waals surface area contributed by atoms with Crippen molar-refractivity contribution in [2.24, 2.45) is 5.92 Å². The smallest absolute Gasteiger partial charge is 0.333 e. The molecule has 0 N–H and O–H groups in total. The first kappa shape index (κ1) is 17.2. The summed E-state index contributed by atoms with van der Waals surface area (Å²) in [6.07, 6.45) is 4.66. The first-order valence-corrected chi connectivity index (χ1v) is 7.40. The van der Waals surface area contributed by atoms with E-state index in [4.69, 9.17) is 4.74 Å². The zero-order valence-electron chi connectivity index (χ0n) is 11.7.